The molecule has 0 aliphatic rings. The summed E-state index contributed by atoms with van der Waals surface area (Å²) in [7, 11) is -2.26. The van der Waals surface area contributed by atoms with Crippen LogP contribution in [-0.2, 0) is 14.8 Å². The third-order valence-electron chi connectivity index (χ3n) is 4.08. The van der Waals surface area contributed by atoms with Crippen LogP contribution in [0.3, 0.4) is 0 Å². The smallest absolute Gasteiger partial charge is 0.252 e. The summed E-state index contributed by atoms with van der Waals surface area (Å²) >= 11 is 2.69. The van der Waals surface area contributed by atoms with Crippen LogP contribution < -0.4 is 5.32 Å². The number of thiophene rings is 1. The van der Waals surface area contributed by atoms with E-state index in [1.807, 2.05) is 34.3 Å². The molecule has 0 aliphatic carbocycles. The largest absolute Gasteiger partial charge is 0.325 e. The number of thiazole rings is 1. The molecule has 144 valence electrons. The highest BCUT2D eigenvalue weighted by Crippen LogP contribution is 2.23. The number of carbonyl (C=O) groups is 1. The van der Waals surface area contributed by atoms with E-state index >= 15 is 0 Å². The first-order valence-corrected chi connectivity index (χ1v) is 11.5. The average Bonchev–Trinajstić information content (AvgIpc) is 3.39. The van der Waals surface area contributed by atoms with E-state index in [9.17, 15) is 13.2 Å². The number of fused-ring (bicyclic) bond motifs is 1. The number of hydrogen-bond donors (Lipinski definition) is 1. The van der Waals surface area contributed by atoms with Crippen LogP contribution in [0.5, 0.6) is 0 Å². The number of aromatic nitrogens is 2. The van der Waals surface area contributed by atoms with Gasteiger partial charge < -0.3 is 5.32 Å². The number of carbonyl (C=O) groups excluding carboxylic acids is 1. The van der Waals surface area contributed by atoms with Crippen molar-refractivity contribution in [1.82, 2.24) is 13.7 Å². The van der Waals surface area contributed by atoms with Crippen molar-refractivity contribution in [3.63, 3.8) is 0 Å². The number of amides is 1. The number of likely N-dealkylation sites (N-methyl/N-ethyl adjacent to an activating group) is 1. The standard InChI is InChI=1S/C18H16N4O3S3/c1-21(28(24,25)17-3-2-9-26-17)12-16(23)19-14-6-4-13(5-7-14)15-11-22-8-10-27-18(22)20-15/h2-11H,12H2,1H3,(H,19,23). The Bertz CT molecular complexity index is 1180. The first kappa shape index (κ1) is 18.8. The summed E-state index contributed by atoms with van der Waals surface area (Å²) in [6.07, 6.45) is 3.90. The number of sulfonamides is 1. The zero-order valence-corrected chi connectivity index (χ0v) is 17.2. The Hall–Kier alpha value is -2.53. The van der Waals surface area contributed by atoms with E-state index in [2.05, 4.69) is 10.3 Å². The highest BCUT2D eigenvalue weighted by Gasteiger charge is 2.23. The van der Waals surface area contributed by atoms with E-state index in [1.54, 1.807) is 34.9 Å². The molecule has 0 unspecified atom stereocenters. The molecule has 0 radical (unpaired) electrons. The van der Waals surface area contributed by atoms with Crippen molar-refractivity contribution in [1.29, 1.82) is 0 Å². The molecule has 4 aromatic rings. The molecule has 0 atom stereocenters. The predicted molar refractivity (Wildman–Crippen MR) is 111 cm³/mol. The van der Waals surface area contributed by atoms with Crippen molar-refractivity contribution in [2.24, 2.45) is 0 Å². The fourth-order valence-electron chi connectivity index (χ4n) is 2.64. The summed E-state index contributed by atoms with van der Waals surface area (Å²) in [5.41, 5.74) is 2.38. The molecule has 0 saturated carbocycles. The van der Waals surface area contributed by atoms with E-state index in [0.717, 1.165) is 31.9 Å². The molecule has 0 aliphatic heterocycles. The normalized spacial score (nSPS) is 11.9. The molecule has 3 heterocycles. The topological polar surface area (TPSA) is 83.8 Å². The van der Waals surface area contributed by atoms with Crippen molar-refractivity contribution >= 4 is 49.3 Å². The molecule has 1 N–H and O–H groups in total. The fraction of sp³-hybridized carbons (Fsp3) is 0.111. The SMILES string of the molecule is CN(CC(=O)Nc1ccc(-c2cn3ccsc3n2)cc1)S(=O)(=O)c1cccs1. The average molecular weight is 433 g/mol. The molecule has 0 spiro atoms. The lowest BCUT2D eigenvalue weighted by Crippen LogP contribution is -2.34. The highest BCUT2D eigenvalue weighted by atomic mass is 32.2. The van der Waals surface area contributed by atoms with Crippen LogP contribution in [0.1, 0.15) is 0 Å². The van der Waals surface area contributed by atoms with Crippen molar-refractivity contribution in [3.8, 4) is 11.3 Å². The van der Waals surface area contributed by atoms with Crippen LogP contribution in [0.2, 0.25) is 0 Å². The Balaban J connectivity index is 1.41. The van der Waals surface area contributed by atoms with Gasteiger partial charge in [0.2, 0.25) is 5.91 Å². The van der Waals surface area contributed by atoms with Gasteiger partial charge in [-0.2, -0.15) is 4.31 Å². The third-order valence-corrected chi connectivity index (χ3v) is 8.03. The second-order valence-electron chi connectivity index (χ2n) is 6.04. The van der Waals surface area contributed by atoms with Gasteiger partial charge in [0, 0.05) is 36.1 Å². The zero-order chi connectivity index (χ0) is 19.7. The number of imidazole rings is 1. The number of nitrogens with one attached hydrogen (secondary N) is 1. The van der Waals surface area contributed by atoms with E-state index in [-0.39, 0.29) is 10.8 Å². The lowest BCUT2D eigenvalue weighted by Gasteiger charge is -2.15. The molecule has 0 saturated heterocycles. The van der Waals surface area contributed by atoms with E-state index in [0.29, 0.717) is 5.69 Å². The second-order valence-corrected chi connectivity index (χ2v) is 10.1. The van der Waals surface area contributed by atoms with Gasteiger partial charge in [0.05, 0.1) is 12.2 Å². The molecule has 1 amide bonds. The van der Waals surface area contributed by atoms with Crippen LogP contribution >= 0.6 is 22.7 Å². The van der Waals surface area contributed by atoms with E-state index in [4.69, 9.17) is 0 Å². The summed E-state index contributed by atoms with van der Waals surface area (Å²) in [6.45, 7) is -0.265. The number of anilines is 1. The Morgan fingerprint density at radius 3 is 2.64 bits per heavy atom. The van der Waals surface area contributed by atoms with Gasteiger partial charge in [-0.25, -0.2) is 13.4 Å². The first-order chi connectivity index (χ1) is 13.4. The molecule has 3 aromatic heterocycles. The Labute approximate surface area is 169 Å². The molecule has 4 rings (SSSR count). The maximum atomic E-state index is 12.4. The third kappa shape index (κ3) is 3.72. The highest BCUT2D eigenvalue weighted by molar-refractivity contribution is 7.91. The van der Waals surface area contributed by atoms with Gasteiger partial charge in [0.1, 0.15) is 4.21 Å². The van der Waals surface area contributed by atoms with Crippen LogP contribution in [0.25, 0.3) is 16.2 Å². The summed E-state index contributed by atoms with van der Waals surface area (Å²) in [5.74, 6) is -0.405. The van der Waals surface area contributed by atoms with Crippen molar-refractivity contribution < 1.29 is 13.2 Å². The maximum absolute atomic E-state index is 12.4. The van der Waals surface area contributed by atoms with Crippen molar-refractivity contribution in [2.45, 2.75) is 4.21 Å². The maximum Gasteiger partial charge on any atom is 0.252 e. The van der Waals surface area contributed by atoms with Gasteiger partial charge >= 0.3 is 0 Å². The number of rotatable bonds is 6. The van der Waals surface area contributed by atoms with Crippen molar-refractivity contribution in [2.75, 3.05) is 18.9 Å². The minimum Gasteiger partial charge on any atom is -0.325 e. The summed E-state index contributed by atoms with van der Waals surface area (Å²) in [5, 5.41) is 6.38. The Kier molecular flexibility index (Phi) is 5.02. The molecule has 1 aromatic carbocycles. The van der Waals surface area contributed by atoms with Gasteiger partial charge in [0.15, 0.2) is 4.96 Å². The molecule has 7 nitrogen and oxygen atoms in total. The van der Waals surface area contributed by atoms with Gasteiger partial charge in [-0.3, -0.25) is 9.20 Å². The molecule has 0 bridgehead atoms. The van der Waals surface area contributed by atoms with Gasteiger partial charge in [-0.05, 0) is 23.6 Å². The lowest BCUT2D eigenvalue weighted by molar-refractivity contribution is -0.116. The molecule has 28 heavy (non-hydrogen) atoms. The zero-order valence-electron chi connectivity index (χ0n) is 14.8. The monoisotopic (exact) mass is 432 g/mol. The van der Waals surface area contributed by atoms with Crippen LogP contribution in [0, 0.1) is 0 Å². The molecular weight excluding hydrogens is 416 g/mol. The van der Waals surface area contributed by atoms with E-state index in [1.165, 1.54) is 13.1 Å². The molecule has 0 fully saturated rings. The van der Waals surface area contributed by atoms with Gasteiger partial charge in [-0.1, -0.05) is 18.2 Å². The van der Waals surface area contributed by atoms with Crippen LogP contribution in [0.4, 0.5) is 5.69 Å². The summed E-state index contributed by atoms with van der Waals surface area (Å²) in [4.78, 5) is 17.7. The predicted octanol–water partition coefficient (Wildman–Crippen LogP) is 3.38. The van der Waals surface area contributed by atoms with Crippen LogP contribution in [0.15, 0.2) is 63.8 Å². The van der Waals surface area contributed by atoms with Gasteiger partial charge in [0.25, 0.3) is 10.0 Å². The first-order valence-electron chi connectivity index (χ1n) is 8.26. The van der Waals surface area contributed by atoms with Gasteiger partial charge in [-0.15, -0.1) is 22.7 Å². The summed E-state index contributed by atoms with van der Waals surface area (Å²) < 4.78 is 28.0. The molecular formula is C18H16N4O3S3. The van der Waals surface area contributed by atoms with Crippen molar-refractivity contribution in [3.05, 3.63) is 59.6 Å². The minimum atomic E-state index is -3.65. The second kappa shape index (κ2) is 7.47. The Morgan fingerprint density at radius 1 is 1.18 bits per heavy atom. The summed E-state index contributed by atoms with van der Waals surface area (Å²) in [6, 6.07) is 10.5. The lowest BCUT2D eigenvalue weighted by atomic mass is 10.1. The molecule has 10 heteroatoms. The number of nitrogens with zero attached hydrogens (tertiary/aromatic N) is 3. The Morgan fingerprint density at radius 2 is 1.96 bits per heavy atom. The quantitative estimate of drug-likeness (QED) is 0.506. The minimum absolute atomic E-state index is 0.215. The number of benzene rings is 1. The fourth-order valence-corrected chi connectivity index (χ4v) is 5.67. The number of hydrogen-bond acceptors (Lipinski definition) is 6. The van der Waals surface area contributed by atoms with E-state index < -0.39 is 15.9 Å². The van der Waals surface area contributed by atoms with Crippen LogP contribution in [-0.4, -0.2) is 41.6 Å².